The average molecular weight is 346 g/mol. The number of amides is 1. The van der Waals surface area contributed by atoms with Gasteiger partial charge in [0.2, 0.25) is 5.91 Å². The Kier molecular flexibility index (Phi) is 5.72. The fraction of sp³-hybridized carbons (Fsp3) is 0.389. The summed E-state index contributed by atoms with van der Waals surface area (Å²) in [5.74, 6) is -0.443. The number of carbonyl (C=O) groups excluding carboxylic acids is 2. The number of hydrogen-bond donors (Lipinski definition) is 1. The second-order valence-corrected chi connectivity index (χ2v) is 7.01. The molecule has 0 radical (unpaired) electrons. The monoisotopic (exact) mass is 346 g/mol. The van der Waals surface area contributed by atoms with Crippen LogP contribution in [-0.2, 0) is 26.2 Å². The van der Waals surface area contributed by atoms with Gasteiger partial charge in [-0.05, 0) is 45.4 Å². The van der Waals surface area contributed by atoms with E-state index < -0.39 is 5.41 Å². The Balaban J connectivity index is 2.03. The van der Waals surface area contributed by atoms with Crippen LogP contribution in [-0.4, -0.2) is 23.5 Å². The molecule has 6 heteroatoms. The van der Waals surface area contributed by atoms with Crippen molar-refractivity contribution in [2.45, 2.75) is 39.5 Å². The second kappa shape index (κ2) is 7.57. The Hall–Kier alpha value is -2.21. The number of esters is 1. The molecule has 0 unspecified atom stereocenters. The topological polar surface area (TPSA) is 68.3 Å². The lowest BCUT2D eigenvalue weighted by Gasteiger charge is -2.19. The fourth-order valence-corrected chi connectivity index (χ4v) is 3.12. The summed E-state index contributed by atoms with van der Waals surface area (Å²) in [5, 5.41) is 5.34. The predicted molar refractivity (Wildman–Crippen MR) is 95.3 cm³/mol. The molecule has 1 N–H and O–H groups in total. The van der Waals surface area contributed by atoms with E-state index in [4.69, 9.17) is 4.74 Å². The lowest BCUT2D eigenvalue weighted by Crippen LogP contribution is -2.31. The van der Waals surface area contributed by atoms with E-state index in [1.54, 1.807) is 20.8 Å². The molecule has 1 amide bonds. The van der Waals surface area contributed by atoms with Crippen LogP contribution in [0.2, 0.25) is 0 Å². The van der Waals surface area contributed by atoms with Crippen molar-refractivity contribution in [3.8, 4) is 0 Å². The summed E-state index contributed by atoms with van der Waals surface area (Å²) < 4.78 is 5.09. The summed E-state index contributed by atoms with van der Waals surface area (Å²) >= 11 is 1.37. The van der Waals surface area contributed by atoms with E-state index in [2.05, 4.69) is 10.3 Å². The number of aromatic nitrogens is 1. The van der Waals surface area contributed by atoms with Gasteiger partial charge in [0.05, 0.1) is 18.7 Å². The van der Waals surface area contributed by atoms with Crippen LogP contribution < -0.4 is 5.32 Å². The summed E-state index contributed by atoms with van der Waals surface area (Å²) in [6.45, 7) is 7.63. The highest BCUT2D eigenvalue weighted by molar-refractivity contribution is 7.09. The van der Waals surface area contributed by atoms with Gasteiger partial charge in [-0.1, -0.05) is 12.1 Å². The summed E-state index contributed by atoms with van der Waals surface area (Å²) in [4.78, 5) is 28.6. The van der Waals surface area contributed by atoms with Gasteiger partial charge in [-0.25, -0.2) is 4.98 Å². The van der Waals surface area contributed by atoms with Gasteiger partial charge in [0.15, 0.2) is 0 Å². The predicted octanol–water partition coefficient (Wildman–Crippen LogP) is 3.47. The molecule has 0 aliphatic rings. The van der Waals surface area contributed by atoms with Crippen molar-refractivity contribution in [1.82, 2.24) is 4.98 Å². The smallest absolute Gasteiger partial charge is 0.317 e. The summed E-state index contributed by atoms with van der Waals surface area (Å²) in [7, 11) is 0. The van der Waals surface area contributed by atoms with Crippen LogP contribution in [0, 0.1) is 6.92 Å². The molecule has 24 heavy (non-hydrogen) atoms. The quantitative estimate of drug-likeness (QED) is 0.813. The number of thiazole rings is 1. The molecule has 0 spiro atoms. The maximum absolute atomic E-state index is 12.2. The molecule has 0 atom stereocenters. The molecule has 1 aromatic carbocycles. The highest BCUT2D eigenvalue weighted by Crippen LogP contribution is 2.26. The van der Waals surface area contributed by atoms with Gasteiger partial charge in [0.1, 0.15) is 10.4 Å². The van der Waals surface area contributed by atoms with Crippen molar-refractivity contribution in [1.29, 1.82) is 0 Å². The van der Waals surface area contributed by atoms with Crippen molar-refractivity contribution in [2.75, 3.05) is 11.9 Å². The summed E-state index contributed by atoms with van der Waals surface area (Å²) in [6.07, 6.45) is 0.178. The van der Waals surface area contributed by atoms with Gasteiger partial charge in [0, 0.05) is 11.1 Å². The molecule has 0 aliphatic carbocycles. The molecule has 0 saturated heterocycles. The Morgan fingerprint density at radius 2 is 2.08 bits per heavy atom. The van der Waals surface area contributed by atoms with Crippen molar-refractivity contribution in [2.24, 2.45) is 0 Å². The summed E-state index contributed by atoms with van der Waals surface area (Å²) in [6, 6.07) is 7.63. The van der Waals surface area contributed by atoms with Gasteiger partial charge >= 0.3 is 5.97 Å². The fourth-order valence-electron chi connectivity index (χ4n) is 2.16. The van der Waals surface area contributed by atoms with Crippen LogP contribution in [0.3, 0.4) is 0 Å². The Bertz CT molecular complexity index is 737. The molecule has 2 aromatic rings. The van der Waals surface area contributed by atoms with Crippen LogP contribution in [0.5, 0.6) is 0 Å². The minimum Gasteiger partial charge on any atom is -0.465 e. The number of benzene rings is 1. The SMILES string of the molecule is CCOC(=O)C(C)(C)c1csc(CC(=O)Nc2cccc(C)c2)n1. The third-order valence-electron chi connectivity index (χ3n) is 3.59. The zero-order valence-corrected chi connectivity index (χ0v) is 15.2. The first kappa shape index (κ1) is 18.1. The molecule has 0 bridgehead atoms. The van der Waals surface area contributed by atoms with Gasteiger partial charge < -0.3 is 10.1 Å². The zero-order chi connectivity index (χ0) is 17.7. The van der Waals surface area contributed by atoms with E-state index in [0.29, 0.717) is 17.3 Å². The third-order valence-corrected chi connectivity index (χ3v) is 4.44. The Morgan fingerprint density at radius 3 is 2.75 bits per heavy atom. The second-order valence-electron chi connectivity index (χ2n) is 6.07. The van der Waals surface area contributed by atoms with Crippen LogP contribution in [0.4, 0.5) is 5.69 Å². The molecule has 1 heterocycles. The van der Waals surface area contributed by atoms with Crippen molar-refractivity contribution < 1.29 is 14.3 Å². The van der Waals surface area contributed by atoms with E-state index >= 15 is 0 Å². The largest absolute Gasteiger partial charge is 0.465 e. The van der Waals surface area contributed by atoms with Gasteiger partial charge in [0.25, 0.3) is 0 Å². The van der Waals surface area contributed by atoms with Crippen molar-refractivity contribution in [3.05, 3.63) is 45.9 Å². The third kappa shape index (κ3) is 4.41. The Labute approximate surface area is 146 Å². The van der Waals surface area contributed by atoms with Crippen LogP contribution in [0.15, 0.2) is 29.6 Å². The summed E-state index contributed by atoms with van der Waals surface area (Å²) in [5.41, 5.74) is 1.66. The van der Waals surface area contributed by atoms with Crippen molar-refractivity contribution >= 4 is 28.9 Å². The van der Waals surface area contributed by atoms with E-state index in [-0.39, 0.29) is 18.3 Å². The molecule has 5 nitrogen and oxygen atoms in total. The maximum atomic E-state index is 12.2. The minimum atomic E-state index is -0.822. The lowest BCUT2D eigenvalue weighted by molar-refractivity contribution is -0.148. The van der Waals surface area contributed by atoms with Crippen LogP contribution >= 0.6 is 11.3 Å². The lowest BCUT2D eigenvalue weighted by atomic mass is 9.90. The molecule has 0 aliphatic heterocycles. The number of hydrogen-bond acceptors (Lipinski definition) is 5. The van der Waals surface area contributed by atoms with Crippen LogP contribution in [0.1, 0.15) is 37.0 Å². The molecular formula is C18H22N2O3S. The molecule has 128 valence electrons. The minimum absolute atomic E-state index is 0.129. The standard InChI is InChI=1S/C18H22N2O3S/c1-5-23-17(22)18(3,4)14-11-24-16(20-14)10-15(21)19-13-8-6-7-12(2)9-13/h6-9,11H,5,10H2,1-4H3,(H,19,21). The maximum Gasteiger partial charge on any atom is 0.317 e. The van der Waals surface area contributed by atoms with E-state index in [1.165, 1.54) is 11.3 Å². The Morgan fingerprint density at radius 1 is 1.33 bits per heavy atom. The number of rotatable bonds is 6. The number of carbonyl (C=O) groups is 2. The van der Waals surface area contributed by atoms with E-state index in [9.17, 15) is 9.59 Å². The first-order valence-electron chi connectivity index (χ1n) is 7.81. The highest BCUT2D eigenvalue weighted by Gasteiger charge is 2.34. The number of ether oxygens (including phenoxy) is 1. The number of aryl methyl sites for hydroxylation is 1. The number of nitrogens with one attached hydrogen (secondary N) is 1. The molecule has 0 saturated carbocycles. The normalized spacial score (nSPS) is 11.2. The molecule has 2 rings (SSSR count). The number of anilines is 1. The zero-order valence-electron chi connectivity index (χ0n) is 14.4. The average Bonchev–Trinajstić information content (AvgIpc) is 2.96. The van der Waals surface area contributed by atoms with Gasteiger partial charge in [-0.2, -0.15) is 0 Å². The highest BCUT2D eigenvalue weighted by atomic mass is 32.1. The van der Waals surface area contributed by atoms with E-state index in [0.717, 1.165) is 11.3 Å². The van der Waals surface area contributed by atoms with Crippen molar-refractivity contribution in [3.63, 3.8) is 0 Å². The number of nitrogens with zero attached hydrogens (tertiary/aromatic N) is 1. The van der Waals surface area contributed by atoms with Gasteiger partial charge in [-0.3, -0.25) is 9.59 Å². The molecular weight excluding hydrogens is 324 g/mol. The molecule has 1 aromatic heterocycles. The molecule has 0 fully saturated rings. The van der Waals surface area contributed by atoms with Crippen LogP contribution in [0.25, 0.3) is 0 Å². The first-order chi connectivity index (χ1) is 11.3. The van der Waals surface area contributed by atoms with E-state index in [1.807, 2.05) is 36.6 Å². The van der Waals surface area contributed by atoms with Gasteiger partial charge in [-0.15, -0.1) is 11.3 Å². The first-order valence-corrected chi connectivity index (χ1v) is 8.69.